The van der Waals surface area contributed by atoms with Gasteiger partial charge in [-0.3, -0.25) is 4.18 Å². The fourth-order valence-corrected chi connectivity index (χ4v) is 9.12. The van der Waals surface area contributed by atoms with Gasteiger partial charge in [0.2, 0.25) is 0 Å². The third-order valence-electron chi connectivity index (χ3n) is 13.3. The van der Waals surface area contributed by atoms with E-state index < -0.39 is 132 Å². The summed E-state index contributed by atoms with van der Waals surface area (Å²) in [4.78, 5) is 10.5. The molecule has 0 amide bonds. The van der Waals surface area contributed by atoms with Crippen LogP contribution in [0.5, 0.6) is 0 Å². The van der Waals surface area contributed by atoms with Gasteiger partial charge in [-0.05, 0) is 55.4 Å². The van der Waals surface area contributed by atoms with E-state index in [9.17, 15) is 49.0 Å². The summed E-state index contributed by atoms with van der Waals surface area (Å²) in [6, 6.07) is 0. The number of aliphatic hydroxyl groups excluding tert-OH is 9. The van der Waals surface area contributed by atoms with Gasteiger partial charge in [-0.1, -0.05) is 14.9 Å². The minimum atomic E-state index is -3.16. The second-order valence-electron chi connectivity index (χ2n) is 22.2. The van der Waals surface area contributed by atoms with Crippen molar-refractivity contribution in [1.29, 1.82) is 0 Å². The number of aldehydes is 1. The SMILES string of the molecule is C.C.CC1(C)OCC(C2OC3OC(C)(C)OC3C2O)O1.COCCOCCOC(C(O)C=O)C(O)C(O)CO.COCCOCCOC1C(C2COC(C)(C)O2)OC2OC(C)(C)OC21.COCCOCCOC1C(O)C(O)OC1C(O)CO.COS(C)(=O)=O.[H-].[Na+]. The van der Waals surface area contributed by atoms with Crippen LogP contribution in [0.4, 0.5) is 0 Å². The van der Waals surface area contributed by atoms with E-state index in [0.717, 1.165) is 13.4 Å². The summed E-state index contributed by atoms with van der Waals surface area (Å²) >= 11 is 0. The third-order valence-corrected chi connectivity index (χ3v) is 13.9. The van der Waals surface area contributed by atoms with Gasteiger partial charge < -0.3 is 147 Å². The maximum Gasteiger partial charge on any atom is 1.00 e. The largest absolute Gasteiger partial charge is 1.00 e. The molecule has 33 nitrogen and oxygen atoms in total. The van der Waals surface area contributed by atoms with Gasteiger partial charge in [-0.15, -0.1) is 0 Å². The molecule has 0 aromatic rings. The van der Waals surface area contributed by atoms with Crippen LogP contribution in [0, 0.1) is 0 Å². The number of carbonyl (C=O) groups excluding carboxylic acids is 1. The van der Waals surface area contributed by atoms with E-state index in [1.807, 2.05) is 41.5 Å². The zero-order valence-electron chi connectivity index (χ0n) is 54.1. The van der Waals surface area contributed by atoms with E-state index in [4.69, 9.17) is 105 Å². The Morgan fingerprint density at radius 2 is 0.967 bits per heavy atom. The van der Waals surface area contributed by atoms with E-state index in [-0.39, 0.29) is 109 Å². The predicted molar refractivity (Wildman–Crippen MR) is 308 cm³/mol. The van der Waals surface area contributed by atoms with Gasteiger partial charge >= 0.3 is 29.6 Å². The van der Waals surface area contributed by atoms with Gasteiger partial charge in [0.15, 0.2) is 48.3 Å². The van der Waals surface area contributed by atoms with Gasteiger partial charge in [0.1, 0.15) is 97.7 Å². The van der Waals surface area contributed by atoms with Crippen LogP contribution in [0.1, 0.15) is 71.7 Å². The summed E-state index contributed by atoms with van der Waals surface area (Å²) < 4.78 is 133. The molecule has 7 rings (SSSR count). The first-order valence-electron chi connectivity index (χ1n) is 28.4. The average molecular weight is 1350 g/mol. The first-order chi connectivity index (χ1) is 40.8. The molecule has 0 bridgehead atoms. The van der Waals surface area contributed by atoms with Crippen molar-refractivity contribution in [2.24, 2.45) is 0 Å². The number of ether oxygens (including phenoxy) is 20. The molecule has 0 aromatic carbocycles. The van der Waals surface area contributed by atoms with Crippen LogP contribution in [0.25, 0.3) is 0 Å². The first-order valence-corrected chi connectivity index (χ1v) is 30.2. The number of methoxy groups -OCH3 is 3. The molecule has 90 heavy (non-hydrogen) atoms. The van der Waals surface area contributed by atoms with E-state index >= 15 is 0 Å². The van der Waals surface area contributed by atoms with Crippen LogP contribution in [0.15, 0.2) is 0 Å². The van der Waals surface area contributed by atoms with Crippen molar-refractivity contribution in [2.45, 2.75) is 210 Å². The Labute approximate surface area is 553 Å². The predicted octanol–water partition coefficient (Wildman–Crippen LogP) is -5.81. The van der Waals surface area contributed by atoms with Crippen molar-refractivity contribution >= 4 is 16.4 Å². The zero-order chi connectivity index (χ0) is 65.3. The molecular weight excluding hydrogens is 1240 g/mol. The smallest absolute Gasteiger partial charge is 1.00 e. The Morgan fingerprint density at radius 3 is 1.38 bits per heavy atom. The molecule has 19 unspecified atom stereocenters. The van der Waals surface area contributed by atoms with Crippen LogP contribution in [0.2, 0.25) is 0 Å². The number of hydrogen-bond donors (Lipinski definition) is 9. The monoisotopic (exact) mass is 1350 g/mol. The molecule has 0 spiro atoms. The van der Waals surface area contributed by atoms with Crippen LogP contribution < -0.4 is 29.6 Å². The van der Waals surface area contributed by atoms with Crippen molar-refractivity contribution in [3.05, 3.63) is 0 Å². The Hall–Kier alpha value is -0.580. The van der Waals surface area contributed by atoms with Crippen LogP contribution in [0.3, 0.4) is 0 Å². The molecule has 0 radical (unpaired) electrons. The van der Waals surface area contributed by atoms with Crippen molar-refractivity contribution in [2.75, 3.05) is 140 Å². The van der Waals surface area contributed by atoms with Crippen molar-refractivity contribution < 1.29 is 189 Å². The summed E-state index contributed by atoms with van der Waals surface area (Å²) in [6.07, 6.45) is -14.8. The van der Waals surface area contributed by atoms with Crippen LogP contribution in [-0.2, 0) is 114 Å². The Morgan fingerprint density at radius 1 is 0.544 bits per heavy atom. The zero-order valence-corrected chi connectivity index (χ0v) is 55.9. The quantitative estimate of drug-likeness (QED) is 0.0135. The molecule has 9 N–H and O–H groups in total. The number of carbonyl (C=O) groups is 1. The normalized spacial score (nSPS) is 32.2. The second-order valence-corrected chi connectivity index (χ2v) is 23.9. The van der Waals surface area contributed by atoms with E-state index in [1.54, 1.807) is 28.1 Å². The standard InChI is InChI=1S/C17H30O8.C12H20O6.2C11H22O8.C2H6O3S.2CH4.Na.H/c1-16(2)21-10-11(23-16)12-13(20-9-8-19-7-6-18-5)14-15(22-12)25-17(3,4)24-14;1-11(2)14-5-6(16-11)8-7(13)9-10(15-8)18-12(3,4)17-9;1-16-2-3-17-4-5-18-10-8(14)11(15)19-9(10)7(13)6-12;1-17-2-3-18-4-5-19-11(9(15)7-13)10(16)8(14)6-12;1-5-6(2,3)4;;;;/h11-15H,6-10H2,1-5H3;6-10,13H,5H2,1-4H3;7-15H,2-6H2,1H3;7-12,14-16H,2-6H2,1H3;1-2H3;2*1H4;;/q;;;;;;;+1;-1. The van der Waals surface area contributed by atoms with Gasteiger partial charge in [0.25, 0.3) is 10.1 Å². The molecule has 7 aliphatic heterocycles. The minimum Gasteiger partial charge on any atom is -1.00 e. The fourth-order valence-electron chi connectivity index (χ4n) is 9.12. The first kappa shape index (κ1) is 89.4. The molecule has 0 saturated carbocycles. The summed E-state index contributed by atoms with van der Waals surface area (Å²) in [5.41, 5.74) is 0. The van der Waals surface area contributed by atoms with E-state index in [0.29, 0.717) is 66.1 Å². The number of hydrogen-bond acceptors (Lipinski definition) is 33. The molecular formula is C55H109NaO33S. The van der Waals surface area contributed by atoms with Crippen molar-refractivity contribution in [3.63, 3.8) is 0 Å². The Bertz CT molecular complexity index is 1990. The molecule has 7 heterocycles. The fraction of sp³-hybridized carbons (Fsp3) is 0.982. The molecule has 7 aliphatic rings. The van der Waals surface area contributed by atoms with Gasteiger partial charge in [-0.25, -0.2) is 0 Å². The van der Waals surface area contributed by atoms with Gasteiger partial charge in [0.05, 0.1) is 119 Å². The van der Waals surface area contributed by atoms with Crippen LogP contribution in [-0.4, -0.2) is 341 Å². The van der Waals surface area contributed by atoms with E-state index in [1.165, 1.54) is 7.11 Å². The Kier molecular flexibility index (Phi) is 43.4. The average Bonchev–Trinajstić information content (AvgIpc) is 1.63. The topological polar surface area (TPSA) is 427 Å². The van der Waals surface area contributed by atoms with E-state index in [2.05, 4.69) is 4.18 Å². The molecule has 7 fully saturated rings. The molecule has 35 heteroatoms. The van der Waals surface area contributed by atoms with Crippen molar-refractivity contribution in [3.8, 4) is 0 Å². The summed E-state index contributed by atoms with van der Waals surface area (Å²) in [6.45, 7) is 18.7. The molecule has 534 valence electrons. The maximum absolute atomic E-state index is 10.5. The van der Waals surface area contributed by atoms with Gasteiger partial charge in [-0.2, -0.15) is 8.42 Å². The number of rotatable bonds is 31. The molecule has 19 atom stereocenters. The summed E-state index contributed by atoms with van der Waals surface area (Å²) in [5.74, 6) is -2.66. The summed E-state index contributed by atoms with van der Waals surface area (Å²) in [5, 5.41) is 84.6. The molecule has 7 saturated heterocycles. The second kappa shape index (κ2) is 43.7. The Balaban J connectivity index is 0. The molecule has 0 aromatic heterocycles. The third kappa shape index (κ3) is 30.5. The van der Waals surface area contributed by atoms with Gasteiger partial charge in [0, 0.05) is 21.3 Å². The van der Waals surface area contributed by atoms with Crippen LogP contribution >= 0.6 is 0 Å². The maximum atomic E-state index is 10.5. The van der Waals surface area contributed by atoms with Crippen molar-refractivity contribution in [1.82, 2.24) is 0 Å². The molecule has 0 aliphatic carbocycles. The number of fused-ring (bicyclic) bond motifs is 2. The number of aliphatic hydroxyl groups is 9. The summed E-state index contributed by atoms with van der Waals surface area (Å²) in [7, 11) is 2.70. The minimum absolute atomic E-state index is 0.